The van der Waals surface area contributed by atoms with E-state index < -0.39 is 0 Å². The summed E-state index contributed by atoms with van der Waals surface area (Å²) in [4.78, 5) is 29.5. The molecule has 0 spiro atoms. The second-order valence-electron chi connectivity index (χ2n) is 7.08. The molecule has 0 bridgehead atoms. The monoisotopic (exact) mass is 396 g/mol. The standard InChI is InChI=1S/C23H28N2O4/c1-4-25(19-8-10-20(28-2)11-9-19)23(27)24-14-12-17(13-15-24)22(26)18-6-5-7-21(16-18)29-3/h5-11,16-17H,4,12-15H2,1-3H3. The smallest absolute Gasteiger partial charge is 0.324 e. The first-order chi connectivity index (χ1) is 14.1. The van der Waals surface area contributed by atoms with Gasteiger partial charge in [0.1, 0.15) is 11.5 Å². The minimum atomic E-state index is -0.0674. The van der Waals surface area contributed by atoms with E-state index in [2.05, 4.69) is 0 Å². The second kappa shape index (κ2) is 9.45. The fourth-order valence-electron chi connectivity index (χ4n) is 3.71. The molecule has 154 valence electrons. The number of carbonyl (C=O) groups is 2. The van der Waals surface area contributed by atoms with Gasteiger partial charge in [0.15, 0.2) is 5.78 Å². The van der Waals surface area contributed by atoms with Crippen molar-refractivity contribution in [1.29, 1.82) is 0 Å². The van der Waals surface area contributed by atoms with E-state index in [0.717, 1.165) is 11.4 Å². The number of ketones is 1. The molecular weight excluding hydrogens is 368 g/mol. The van der Waals surface area contributed by atoms with Crippen molar-refractivity contribution in [3.8, 4) is 11.5 Å². The number of anilines is 1. The van der Waals surface area contributed by atoms with E-state index in [9.17, 15) is 9.59 Å². The summed E-state index contributed by atoms with van der Waals surface area (Å²) in [5.74, 6) is 1.50. The zero-order valence-corrected chi connectivity index (χ0v) is 17.3. The van der Waals surface area contributed by atoms with Crippen molar-refractivity contribution in [3.05, 3.63) is 54.1 Å². The number of likely N-dealkylation sites (tertiary alicyclic amines) is 1. The molecule has 29 heavy (non-hydrogen) atoms. The molecule has 3 rings (SSSR count). The lowest BCUT2D eigenvalue weighted by atomic mass is 9.89. The van der Waals surface area contributed by atoms with Crippen LogP contribution in [0, 0.1) is 5.92 Å². The van der Waals surface area contributed by atoms with E-state index in [4.69, 9.17) is 9.47 Å². The number of amides is 2. The van der Waals surface area contributed by atoms with Gasteiger partial charge in [0, 0.05) is 36.8 Å². The first-order valence-corrected chi connectivity index (χ1v) is 9.96. The highest BCUT2D eigenvalue weighted by molar-refractivity contribution is 5.98. The summed E-state index contributed by atoms with van der Waals surface area (Å²) in [6, 6.07) is 14.7. The maximum atomic E-state index is 13.0. The lowest BCUT2D eigenvalue weighted by Crippen LogP contribution is -2.47. The molecule has 1 saturated heterocycles. The number of ether oxygens (including phenoxy) is 2. The van der Waals surface area contributed by atoms with Crippen molar-refractivity contribution in [2.75, 3.05) is 38.8 Å². The summed E-state index contributed by atoms with van der Waals surface area (Å²) in [6.45, 7) is 3.69. The zero-order valence-electron chi connectivity index (χ0n) is 17.3. The molecule has 0 aliphatic carbocycles. The van der Waals surface area contributed by atoms with E-state index in [1.807, 2.05) is 54.3 Å². The molecule has 2 amide bonds. The molecule has 1 heterocycles. The van der Waals surface area contributed by atoms with Crippen LogP contribution in [0.2, 0.25) is 0 Å². The van der Waals surface area contributed by atoms with E-state index in [1.54, 1.807) is 25.2 Å². The third kappa shape index (κ3) is 4.70. The van der Waals surface area contributed by atoms with Crippen LogP contribution in [0.3, 0.4) is 0 Å². The number of hydrogen-bond donors (Lipinski definition) is 0. The molecule has 2 aromatic rings. The number of nitrogens with zero attached hydrogens (tertiary/aromatic N) is 2. The van der Waals surface area contributed by atoms with Gasteiger partial charge in [-0.25, -0.2) is 4.79 Å². The van der Waals surface area contributed by atoms with Crippen molar-refractivity contribution in [2.45, 2.75) is 19.8 Å². The first kappa shape index (κ1) is 20.7. The number of methoxy groups -OCH3 is 2. The third-order valence-corrected chi connectivity index (χ3v) is 5.42. The highest BCUT2D eigenvalue weighted by Crippen LogP contribution is 2.26. The van der Waals surface area contributed by atoms with Gasteiger partial charge < -0.3 is 14.4 Å². The van der Waals surface area contributed by atoms with Crippen LogP contribution in [-0.4, -0.2) is 50.6 Å². The van der Waals surface area contributed by atoms with Crippen molar-refractivity contribution in [3.63, 3.8) is 0 Å². The highest BCUT2D eigenvalue weighted by Gasteiger charge is 2.30. The van der Waals surface area contributed by atoms with Gasteiger partial charge in [-0.2, -0.15) is 0 Å². The topological polar surface area (TPSA) is 59.1 Å². The van der Waals surface area contributed by atoms with Crippen LogP contribution in [0.15, 0.2) is 48.5 Å². The van der Waals surface area contributed by atoms with Gasteiger partial charge >= 0.3 is 6.03 Å². The van der Waals surface area contributed by atoms with Crippen LogP contribution in [0.4, 0.5) is 10.5 Å². The van der Waals surface area contributed by atoms with E-state index in [1.165, 1.54) is 0 Å². The molecule has 0 N–H and O–H groups in total. The Bertz CT molecular complexity index is 842. The Morgan fingerprint density at radius 2 is 1.66 bits per heavy atom. The van der Waals surface area contributed by atoms with Crippen molar-refractivity contribution < 1.29 is 19.1 Å². The zero-order chi connectivity index (χ0) is 20.8. The number of piperidine rings is 1. The Morgan fingerprint density at radius 3 is 2.24 bits per heavy atom. The van der Waals surface area contributed by atoms with Gasteiger partial charge in [0.25, 0.3) is 0 Å². The third-order valence-electron chi connectivity index (χ3n) is 5.42. The van der Waals surface area contributed by atoms with Gasteiger partial charge in [-0.15, -0.1) is 0 Å². The highest BCUT2D eigenvalue weighted by atomic mass is 16.5. The Hall–Kier alpha value is -3.02. The van der Waals surface area contributed by atoms with Crippen LogP contribution >= 0.6 is 0 Å². The van der Waals surface area contributed by atoms with E-state index >= 15 is 0 Å². The molecule has 0 radical (unpaired) electrons. The Morgan fingerprint density at radius 1 is 1.00 bits per heavy atom. The molecular formula is C23H28N2O4. The van der Waals surface area contributed by atoms with Crippen LogP contribution < -0.4 is 14.4 Å². The number of hydrogen-bond acceptors (Lipinski definition) is 4. The minimum absolute atomic E-state index is 0.0232. The normalized spacial score (nSPS) is 14.4. The van der Waals surface area contributed by atoms with Gasteiger partial charge in [-0.05, 0) is 56.2 Å². The molecule has 0 saturated carbocycles. The van der Waals surface area contributed by atoms with Gasteiger partial charge in [0.05, 0.1) is 14.2 Å². The van der Waals surface area contributed by atoms with Crippen LogP contribution in [0.1, 0.15) is 30.1 Å². The summed E-state index contributed by atoms with van der Waals surface area (Å²) in [7, 11) is 3.21. The molecule has 0 unspecified atom stereocenters. The number of rotatable bonds is 6. The van der Waals surface area contributed by atoms with Crippen molar-refractivity contribution >= 4 is 17.5 Å². The largest absolute Gasteiger partial charge is 0.497 e. The fourth-order valence-corrected chi connectivity index (χ4v) is 3.71. The molecule has 6 nitrogen and oxygen atoms in total. The minimum Gasteiger partial charge on any atom is -0.497 e. The van der Waals surface area contributed by atoms with Crippen molar-refractivity contribution in [1.82, 2.24) is 4.90 Å². The summed E-state index contributed by atoms with van der Waals surface area (Å²) in [5.41, 5.74) is 1.51. The summed E-state index contributed by atoms with van der Waals surface area (Å²) < 4.78 is 10.4. The average molecular weight is 396 g/mol. The molecule has 0 aromatic heterocycles. The molecule has 1 fully saturated rings. The lowest BCUT2D eigenvalue weighted by Gasteiger charge is -2.35. The van der Waals surface area contributed by atoms with Gasteiger partial charge in [-0.3, -0.25) is 9.69 Å². The number of benzene rings is 2. The molecule has 0 atom stereocenters. The molecule has 1 aliphatic heterocycles. The van der Waals surface area contributed by atoms with Crippen LogP contribution in [0.5, 0.6) is 11.5 Å². The predicted molar refractivity (Wildman–Crippen MR) is 113 cm³/mol. The number of urea groups is 1. The summed E-state index contributed by atoms with van der Waals surface area (Å²) >= 11 is 0. The van der Waals surface area contributed by atoms with Crippen LogP contribution in [0.25, 0.3) is 0 Å². The van der Waals surface area contributed by atoms with E-state index in [-0.39, 0.29) is 17.7 Å². The lowest BCUT2D eigenvalue weighted by molar-refractivity contribution is 0.0857. The summed E-state index contributed by atoms with van der Waals surface area (Å²) in [6.07, 6.45) is 1.34. The number of carbonyl (C=O) groups excluding carboxylic acids is 2. The predicted octanol–water partition coefficient (Wildman–Crippen LogP) is 4.25. The van der Waals surface area contributed by atoms with Crippen molar-refractivity contribution in [2.24, 2.45) is 5.92 Å². The molecule has 2 aromatic carbocycles. The SMILES string of the molecule is CCN(C(=O)N1CCC(C(=O)c2cccc(OC)c2)CC1)c1ccc(OC)cc1. The average Bonchev–Trinajstić information content (AvgIpc) is 2.79. The fraction of sp³-hybridized carbons (Fsp3) is 0.391. The Kier molecular flexibility index (Phi) is 6.75. The first-order valence-electron chi connectivity index (χ1n) is 9.96. The second-order valence-corrected chi connectivity index (χ2v) is 7.08. The maximum absolute atomic E-state index is 13.0. The summed E-state index contributed by atoms with van der Waals surface area (Å²) in [5, 5.41) is 0. The molecule has 6 heteroatoms. The van der Waals surface area contributed by atoms with Gasteiger partial charge in [-0.1, -0.05) is 12.1 Å². The van der Waals surface area contributed by atoms with Crippen LogP contribution in [-0.2, 0) is 0 Å². The van der Waals surface area contributed by atoms with E-state index in [0.29, 0.717) is 43.8 Å². The Labute approximate surface area is 172 Å². The maximum Gasteiger partial charge on any atom is 0.324 e. The molecule has 1 aliphatic rings. The quantitative estimate of drug-likeness (QED) is 0.685. The number of Topliss-reactive ketones (excluding diaryl/α,β-unsaturated/α-hetero) is 1. The van der Waals surface area contributed by atoms with Gasteiger partial charge in [0.2, 0.25) is 0 Å². The Balaban J connectivity index is 1.62.